The Morgan fingerprint density at radius 2 is 0.696 bits per heavy atom. The lowest BCUT2D eigenvalue weighted by Crippen LogP contribution is -1.79. The molecule has 0 aromatic carbocycles. The van der Waals surface area contributed by atoms with E-state index in [1.165, 1.54) is 46.4 Å². The molecule has 0 nitrogen and oxygen atoms in total. The summed E-state index contributed by atoms with van der Waals surface area (Å²) in [5.74, 6) is 5.14. The van der Waals surface area contributed by atoms with E-state index in [1.807, 2.05) is 94.1 Å². The summed E-state index contributed by atoms with van der Waals surface area (Å²) in [5, 5.41) is 0. The van der Waals surface area contributed by atoms with Crippen molar-refractivity contribution in [3.8, 4) is 0 Å². The summed E-state index contributed by atoms with van der Waals surface area (Å²) in [6.45, 7) is 0. The van der Waals surface area contributed by atoms with Gasteiger partial charge < -0.3 is 0 Å². The zero-order valence-electron chi connectivity index (χ0n) is 11.6. The first-order valence-corrected chi connectivity index (χ1v) is 15.8. The van der Waals surface area contributed by atoms with Gasteiger partial charge in [-0.1, -0.05) is 70.6 Å². The predicted octanol–water partition coefficient (Wildman–Crippen LogP) is 8.28. The van der Waals surface area contributed by atoms with E-state index in [0.29, 0.717) is 0 Å². The summed E-state index contributed by atoms with van der Waals surface area (Å²) in [6.07, 6.45) is 1.34. The lowest BCUT2D eigenvalue weighted by Gasteiger charge is -2.07. The highest BCUT2D eigenvalue weighted by Gasteiger charge is 2.36. The maximum Gasteiger partial charge on any atom is 0.0718 e. The van der Waals surface area contributed by atoms with E-state index in [1.54, 1.807) is 16.9 Å². The Morgan fingerprint density at radius 1 is 0.348 bits per heavy atom. The highest BCUT2D eigenvalue weighted by molar-refractivity contribution is 8.50. The lowest BCUT2D eigenvalue weighted by molar-refractivity contribution is 1.13. The van der Waals surface area contributed by atoms with Gasteiger partial charge in [-0.3, -0.25) is 0 Å². The molecule has 5 aliphatic heterocycles. The van der Waals surface area contributed by atoms with Crippen LogP contribution >= 0.6 is 118 Å². The summed E-state index contributed by atoms with van der Waals surface area (Å²) >= 11 is 20.3. The van der Waals surface area contributed by atoms with Crippen LogP contribution in [0.5, 0.6) is 0 Å². The second-order valence-corrected chi connectivity index (χ2v) is 17.3. The zero-order valence-corrected chi connectivity index (χ0v) is 19.8. The van der Waals surface area contributed by atoms with E-state index in [0.717, 1.165) is 0 Å². The smallest absolute Gasteiger partial charge is 0.0718 e. The van der Waals surface area contributed by atoms with Crippen LogP contribution in [0.2, 0.25) is 0 Å². The molecule has 0 atom stereocenters. The first kappa shape index (κ1) is 17.6. The SMILES string of the molecule is C1CSC2=C(SC1)SC(=C1SC3=C(SC(=C4SCCS4)S3)S1)S2. The standard InChI is InChI=1S/C13H10S10/c1-2-14-7-8(15-3-1)19-10(18-7)11-22-12-13(23-11)21-9(20-12)6-16-4-5-17-6/h1-5H2. The maximum absolute atomic E-state index is 2.07. The number of rotatable bonds is 0. The van der Waals surface area contributed by atoms with Crippen LogP contribution in [0.1, 0.15) is 6.42 Å². The lowest BCUT2D eigenvalue weighted by atomic mass is 10.6. The maximum atomic E-state index is 2.07. The molecule has 122 valence electrons. The van der Waals surface area contributed by atoms with Crippen LogP contribution in [0.25, 0.3) is 0 Å². The van der Waals surface area contributed by atoms with Gasteiger partial charge in [-0.05, 0) is 17.9 Å². The van der Waals surface area contributed by atoms with Crippen LogP contribution in [-0.2, 0) is 0 Å². The van der Waals surface area contributed by atoms with Crippen LogP contribution in [0.3, 0.4) is 0 Å². The van der Waals surface area contributed by atoms with Crippen LogP contribution in [0, 0.1) is 0 Å². The third-order valence-corrected chi connectivity index (χ3v) is 18.2. The van der Waals surface area contributed by atoms with Crippen molar-refractivity contribution in [1.82, 2.24) is 0 Å². The van der Waals surface area contributed by atoms with E-state index in [-0.39, 0.29) is 0 Å². The minimum atomic E-state index is 1.28. The molecule has 5 rings (SSSR count). The van der Waals surface area contributed by atoms with Crippen molar-refractivity contribution in [2.75, 3.05) is 23.0 Å². The fourth-order valence-electron chi connectivity index (χ4n) is 2.10. The minimum absolute atomic E-state index is 1.28. The molecule has 0 saturated carbocycles. The van der Waals surface area contributed by atoms with Crippen LogP contribution in [0.4, 0.5) is 0 Å². The molecule has 23 heavy (non-hydrogen) atoms. The monoisotopic (exact) mass is 486 g/mol. The predicted molar refractivity (Wildman–Crippen MR) is 128 cm³/mol. The quantitative estimate of drug-likeness (QED) is 0.326. The Kier molecular flexibility index (Phi) is 5.98. The van der Waals surface area contributed by atoms with E-state index in [4.69, 9.17) is 0 Å². The molecule has 10 heteroatoms. The van der Waals surface area contributed by atoms with Crippen molar-refractivity contribution in [1.29, 1.82) is 0 Å². The molecule has 5 heterocycles. The first-order chi connectivity index (χ1) is 11.4. The number of thioether (sulfide) groups is 10. The number of hydrogen-bond donors (Lipinski definition) is 0. The van der Waals surface area contributed by atoms with Gasteiger partial charge >= 0.3 is 0 Å². The molecule has 1 saturated heterocycles. The Balaban J connectivity index is 1.29. The molecular weight excluding hydrogens is 477 g/mol. The van der Waals surface area contributed by atoms with Gasteiger partial charge in [0.1, 0.15) is 0 Å². The van der Waals surface area contributed by atoms with Gasteiger partial charge in [0, 0.05) is 11.5 Å². The molecule has 0 unspecified atom stereocenters. The molecule has 0 spiro atoms. The Labute approximate surface area is 179 Å². The van der Waals surface area contributed by atoms with Gasteiger partial charge in [0.25, 0.3) is 0 Å². The van der Waals surface area contributed by atoms with Gasteiger partial charge in [0.05, 0.1) is 33.9 Å². The highest BCUT2D eigenvalue weighted by Crippen LogP contribution is 2.72. The molecule has 0 radical (unpaired) electrons. The van der Waals surface area contributed by atoms with E-state index >= 15 is 0 Å². The highest BCUT2D eigenvalue weighted by atomic mass is 32.3. The third-order valence-electron chi connectivity index (χ3n) is 3.08. The average molecular weight is 487 g/mol. The molecular formula is C13H10S10. The molecule has 0 aromatic heterocycles. The normalized spacial score (nSPS) is 28.2. The molecule has 0 bridgehead atoms. The fraction of sp³-hybridized carbons (Fsp3) is 0.385. The van der Waals surface area contributed by atoms with Crippen LogP contribution < -0.4 is 0 Å². The van der Waals surface area contributed by atoms with Crippen molar-refractivity contribution in [3.05, 3.63) is 33.9 Å². The topological polar surface area (TPSA) is 0 Å². The molecule has 0 aromatic rings. The zero-order chi connectivity index (χ0) is 15.2. The summed E-state index contributed by atoms with van der Waals surface area (Å²) in [4.78, 5) is 0. The van der Waals surface area contributed by atoms with Crippen LogP contribution in [-0.4, -0.2) is 23.0 Å². The minimum Gasteiger partial charge on any atom is -0.117 e. The van der Waals surface area contributed by atoms with Crippen molar-refractivity contribution in [2.45, 2.75) is 6.42 Å². The van der Waals surface area contributed by atoms with Gasteiger partial charge in [0.15, 0.2) is 0 Å². The van der Waals surface area contributed by atoms with E-state index < -0.39 is 0 Å². The molecule has 0 aliphatic carbocycles. The summed E-state index contributed by atoms with van der Waals surface area (Å²) in [7, 11) is 0. The molecule has 0 N–H and O–H groups in total. The third kappa shape index (κ3) is 3.74. The molecule has 1 fully saturated rings. The molecule has 5 aliphatic rings. The Hall–Kier alpha value is 2.46. The van der Waals surface area contributed by atoms with Crippen molar-refractivity contribution >= 4 is 118 Å². The second kappa shape index (κ2) is 7.83. The first-order valence-electron chi connectivity index (χ1n) is 6.92. The largest absolute Gasteiger partial charge is 0.117 e. The van der Waals surface area contributed by atoms with E-state index in [9.17, 15) is 0 Å². The van der Waals surface area contributed by atoms with E-state index in [2.05, 4.69) is 23.5 Å². The summed E-state index contributed by atoms with van der Waals surface area (Å²) < 4.78 is 12.3. The number of hydrogen-bond acceptors (Lipinski definition) is 10. The van der Waals surface area contributed by atoms with Gasteiger partial charge in [-0.25, -0.2) is 0 Å². The fourth-order valence-corrected chi connectivity index (χ4v) is 17.8. The van der Waals surface area contributed by atoms with Crippen molar-refractivity contribution < 1.29 is 0 Å². The van der Waals surface area contributed by atoms with Gasteiger partial charge in [-0.2, -0.15) is 0 Å². The molecule has 0 amide bonds. The Bertz CT molecular complexity index is 635. The summed E-state index contributed by atoms with van der Waals surface area (Å²) in [5.41, 5.74) is 0. The van der Waals surface area contributed by atoms with Gasteiger partial charge in [-0.15, -0.1) is 47.0 Å². The summed E-state index contributed by atoms with van der Waals surface area (Å²) in [6, 6.07) is 0. The van der Waals surface area contributed by atoms with Crippen molar-refractivity contribution in [2.24, 2.45) is 0 Å². The van der Waals surface area contributed by atoms with Gasteiger partial charge in [0.2, 0.25) is 0 Å². The average Bonchev–Trinajstić information content (AvgIpc) is 3.27. The van der Waals surface area contributed by atoms with Crippen LogP contribution in [0.15, 0.2) is 33.9 Å². The van der Waals surface area contributed by atoms with Crippen molar-refractivity contribution in [3.63, 3.8) is 0 Å². The Morgan fingerprint density at radius 3 is 1.17 bits per heavy atom. The second-order valence-electron chi connectivity index (χ2n) is 4.66.